The summed E-state index contributed by atoms with van der Waals surface area (Å²) in [4.78, 5) is 12.2. The van der Waals surface area contributed by atoms with E-state index in [1.54, 1.807) is 20.0 Å². The van der Waals surface area contributed by atoms with Crippen LogP contribution < -0.4 is 5.56 Å². The predicted molar refractivity (Wildman–Crippen MR) is 75.9 cm³/mol. The van der Waals surface area contributed by atoms with Gasteiger partial charge in [-0.25, -0.2) is 0 Å². The van der Waals surface area contributed by atoms with Gasteiger partial charge in [0.05, 0.1) is 5.56 Å². The number of phenols is 1. The topological polar surface area (TPSA) is 68.0 Å². The van der Waals surface area contributed by atoms with E-state index in [1.807, 2.05) is 6.26 Å². The molecular weight excluding hydrogens is 286 g/mol. The highest BCUT2D eigenvalue weighted by Crippen LogP contribution is 2.32. The Morgan fingerprint density at radius 1 is 1.37 bits per heavy atom. The van der Waals surface area contributed by atoms with Gasteiger partial charge in [-0.05, 0) is 30.9 Å². The molecule has 0 aliphatic rings. The van der Waals surface area contributed by atoms with Gasteiger partial charge in [-0.2, -0.15) is 0 Å². The normalized spacial score (nSPS) is 10.7. The van der Waals surface area contributed by atoms with Crippen LogP contribution in [0.2, 0.25) is 5.02 Å². The maximum Gasteiger partial charge on any atom is 0.280 e. The highest BCUT2D eigenvalue weighted by atomic mass is 35.5. The first-order valence-electron chi connectivity index (χ1n) is 5.43. The fraction of sp³-hybridized carbons (Fsp3) is 0.250. The van der Waals surface area contributed by atoms with Crippen LogP contribution in [0.15, 0.2) is 22.1 Å². The molecule has 0 amide bonds. The molecule has 0 bridgehead atoms. The van der Waals surface area contributed by atoms with Gasteiger partial charge in [0.25, 0.3) is 5.56 Å². The molecular formula is C12H12ClN3O2S. The van der Waals surface area contributed by atoms with E-state index in [4.69, 9.17) is 11.6 Å². The number of hydrogen-bond acceptors (Lipinski definition) is 5. The third-order valence-electron chi connectivity index (χ3n) is 2.73. The van der Waals surface area contributed by atoms with E-state index >= 15 is 0 Å². The van der Waals surface area contributed by atoms with Crippen molar-refractivity contribution < 1.29 is 5.11 Å². The molecule has 0 atom stereocenters. The number of nitrogens with zero attached hydrogens (tertiary/aromatic N) is 3. The van der Waals surface area contributed by atoms with Crippen molar-refractivity contribution in [3.8, 4) is 17.0 Å². The summed E-state index contributed by atoms with van der Waals surface area (Å²) in [6.45, 7) is 1.75. The van der Waals surface area contributed by atoms with Crippen LogP contribution in [0.5, 0.6) is 5.75 Å². The van der Waals surface area contributed by atoms with Crippen molar-refractivity contribution in [3.05, 3.63) is 33.1 Å². The Bertz CT molecular complexity index is 677. The number of aromatic nitrogens is 3. The number of phenolic OH excluding ortho intramolecular Hbond substituents is 1. The molecule has 0 saturated heterocycles. The molecule has 2 aromatic rings. The second kappa shape index (κ2) is 5.22. The van der Waals surface area contributed by atoms with Crippen LogP contribution in [0.3, 0.4) is 0 Å². The summed E-state index contributed by atoms with van der Waals surface area (Å²) in [5.74, 6) is -0.0756. The first-order valence-corrected chi connectivity index (χ1v) is 7.03. The maximum absolute atomic E-state index is 12.2. The molecule has 1 aromatic heterocycles. The van der Waals surface area contributed by atoms with Gasteiger partial charge in [-0.1, -0.05) is 23.4 Å². The summed E-state index contributed by atoms with van der Waals surface area (Å²) < 4.78 is 1.40. The van der Waals surface area contributed by atoms with Crippen LogP contribution in [0, 0.1) is 6.92 Å². The minimum Gasteiger partial charge on any atom is -0.507 e. The van der Waals surface area contributed by atoms with Crippen LogP contribution in [0.4, 0.5) is 0 Å². The van der Waals surface area contributed by atoms with Gasteiger partial charge in [-0.15, -0.1) is 10.2 Å². The minimum atomic E-state index is -0.305. The summed E-state index contributed by atoms with van der Waals surface area (Å²) >= 11 is 7.18. The fourth-order valence-corrected chi connectivity index (χ4v) is 2.56. The zero-order chi connectivity index (χ0) is 14.2. The number of halogens is 1. The standard InChI is InChI=1S/C12H12ClN3O2S/c1-6-4-7(13)5-8(17)9(6)10-11(18)16(2)12(19-3)15-14-10/h4-5,17H,1-3H3. The van der Waals surface area contributed by atoms with Gasteiger partial charge in [-0.3, -0.25) is 9.36 Å². The lowest BCUT2D eigenvalue weighted by Crippen LogP contribution is -2.23. The zero-order valence-corrected chi connectivity index (χ0v) is 12.2. The Balaban J connectivity index is 2.74. The molecule has 0 fully saturated rings. The van der Waals surface area contributed by atoms with Crippen molar-refractivity contribution in [2.24, 2.45) is 7.05 Å². The van der Waals surface area contributed by atoms with E-state index in [9.17, 15) is 9.90 Å². The largest absolute Gasteiger partial charge is 0.507 e. The van der Waals surface area contributed by atoms with E-state index in [-0.39, 0.29) is 17.0 Å². The second-order valence-corrected chi connectivity index (χ2v) is 5.23. The van der Waals surface area contributed by atoms with Gasteiger partial charge >= 0.3 is 0 Å². The van der Waals surface area contributed by atoms with E-state index in [1.165, 1.54) is 22.4 Å². The maximum atomic E-state index is 12.2. The van der Waals surface area contributed by atoms with E-state index in [0.717, 1.165) is 0 Å². The number of benzene rings is 1. The minimum absolute atomic E-state index is 0.0756. The molecule has 19 heavy (non-hydrogen) atoms. The second-order valence-electron chi connectivity index (χ2n) is 4.02. The third kappa shape index (κ3) is 2.46. The van der Waals surface area contributed by atoms with Crippen molar-refractivity contribution in [2.45, 2.75) is 12.1 Å². The van der Waals surface area contributed by atoms with E-state index < -0.39 is 0 Å². The van der Waals surface area contributed by atoms with Crippen LogP contribution in [-0.4, -0.2) is 26.1 Å². The molecule has 1 N–H and O–H groups in total. The number of hydrogen-bond donors (Lipinski definition) is 1. The molecule has 0 radical (unpaired) electrons. The lowest BCUT2D eigenvalue weighted by molar-refractivity contribution is 0.476. The monoisotopic (exact) mass is 297 g/mol. The Morgan fingerprint density at radius 2 is 2.05 bits per heavy atom. The van der Waals surface area contributed by atoms with Crippen molar-refractivity contribution in [1.29, 1.82) is 0 Å². The highest BCUT2D eigenvalue weighted by Gasteiger charge is 2.17. The Labute approximate surface area is 119 Å². The lowest BCUT2D eigenvalue weighted by Gasteiger charge is -2.10. The molecule has 0 spiro atoms. The smallest absolute Gasteiger partial charge is 0.280 e. The van der Waals surface area contributed by atoms with Crippen molar-refractivity contribution >= 4 is 23.4 Å². The summed E-state index contributed by atoms with van der Waals surface area (Å²) in [5, 5.41) is 18.8. The number of thioether (sulfide) groups is 1. The van der Waals surface area contributed by atoms with Gasteiger partial charge in [0.15, 0.2) is 10.9 Å². The molecule has 1 aromatic carbocycles. The first-order chi connectivity index (χ1) is 8.95. The molecule has 100 valence electrons. The van der Waals surface area contributed by atoms with Crippen molar-refractivity contribution in [2.75, 3.05) is 6.26 Å². The molecule has 0 unspecified atom stereocenters. The molecule has 0 aliphatic carbocycles. The fourth-order valence-electron chi connectivity index (χ4n) is 1.82. The Kier molecular flexibility index (Phi) is 3.82. The average molecular weight is 298 g/mol. The van der Waals surface area contributed by atoms with Crippen molar-refractivity contribution in [3.63, 3.8) is 0 Å². The van der Waals surface area contributed by atoms with Gasteiger partial charge in [0, 0.05) is 12.1 Å². The highest BCUT2D eigenvalue weighted by molar-refractivity contribution is 7.98. The lowest BCUT2D eigenvalue weighted by atomic mass is 10.0. The molecule has 2 rings (SSSR count). The Morgan fingerprint density at radius 3 is 2.63 bits per heavy atom. The van der Waals surface area contributed by atoms with Gasteiger partial charge in [0.1, 0.15) is 5.75 Å². The summed E-state index contributed by atoms with van der Waals surface area (Å²) in [6.07, 6.45) is 1.81. The van der Waals surface area contributed by atoms with E-state index in [2.05, 4.69) is 10.2 Å². The zero-order valence-electron chi connectivity index (χ0n) is 10.6. The summed E-state index contributed by atoms with van der Waals surface area (Å²) in [7, 11) is 1.62. The quantitative estimate of drug-likeness (QED) is 0.861. The van der Waals surface area contributed by atoms with Gasteiger partial charge in [0.2, 0.25) is 0 Å². The predicted octanol–water partition coefficient (Wildman–Crippen LogP) is 2.23. The third-order valence-corrected chi connectivity index (χ3v) is 3.67. The van der Waals surface area contributed by atoms with Crippen LogP contribution >= 0.6 is 23.4 Å². The molecule has 7 heteroatoms. The van der Waals surface area contributed by atoms with Crippen LogP contribution in [-0.2, 0) is 7.05 Å². The molecule has 5 nitrogen and oxygen atoms in total. The van der Waals surface area contributed by atoms with E-state index in [0.29, 0.717) is 21.3 Å². The summed E-state index contributed by atoms with van der Waals surface area (Å²) in [6, 6.07) is 3.05. The van der Waals surface area contributed by atoms with Gasteiger partial charge < -0.3 is 5.11 Å². The molecule has 0 aliphatic heterocycles. The SMILES string of the molecule is CSc1nnc(-c2c(C)cc(Cl)cc2O)c(=O)n1C. The number of aromatic hydroxyl groups is 1. The van der Waals surface area contributed by atoms with Crippen molar-refractivity contribution in [1.82, 2.24) is 14.8 Å². The average Bonchev–Trinajstić information content (AvgIpc) is 2.33. The van der Waals surface area contributed by atoms with Crippen LogP contribution in [0.1, 0.15) is 5.56 Å². The Hall–Kier alpha value is -1.53. The summed E-state index contributed by atoms with van der Waals surface area (Å²) in [5.41, 5.74) is 0.852. The molecule has 0 saturated carbocycles. The molecule has 1 heterocycles. The number of rotatable bonds is 2. The number of aryl methyl sites for hydroxylation is 1. The van der Waals surface area contributed by atoms with Crippen LogP contribution in [0.25, 0.3) is 11.3 Å². The first kappa shape index (κ1) is 13.9.